The van der Waals surface area contributed by atoms with Gasteiger partial charge in [0.2, 0.25) is 0 Å². The summed E-state index contributed by atoms with van der Waals surface area (Å²) in [5.41, 5.74) is 4.70. The number of hydrogen-bond acceptors (Lipinski definition) is 6. The number of carboxylic acid groups (broad SMARTS) is 1. The number of carboxylic acids is 1. The number of hydrogen-bond donors (Lipinski definition) is 4. The molecule has 0 bridgehead atoms. The molecule has 0 aliphatic rings. The average Bonchev–Trinajstić information content (AvgIpc) is 3.35. The van der Waals surface area contributed by atoms with E-state index in [2.05, 4.69) is 10.3 Å². The quantitative estimate of drug-likeness (QED) is 0.152. The minimum Gasteiger partial charge on any atom is -0.495 e. The van der Waals surface area contributed by atoms with Crippen LogP contribution in [0, 0.1) is 5.82 Å². The summed E-state index contributed by atoms with van der Waals surface area (Å²) in [6.07, 6.45) is -0.661. The first-order valence-corrected chi connectivity index (χ1v) is 14.5. The summed E-state index contributed by atoms with van der Waals surface area (Å²) in [6, 6.07) is 18.9. The second-order valence-electron chi connectivity index (χ2n) is 10.9. The molecule has 0 aliphatic heterocycles. The lowest BCUT2D eigenvalue weighted by Crippen LogP contribution is -2.27. The molecule has 0 radical (unpaired) electrons. The molecule has 9 nitrogen and oxygen atoms in total. The van der Waals surface area contributed by atoms with Crippen LogP contribution in [-0.4, -0.2) is 56.1 Å². The number of rotatable bonds is 14. The Morgan fingerprint density at radius 3 is 2.23 bits per heavy atom. The van der Waals surface area contributed by atoms with E-state index in [0.29, 0.717) is 34.7 Å². The molecule has 2 aromatic carbocycles. The van der Waals surface area contributed by atoms with Crippen molar-refractivity contribution < 1.29 is 34.0 Å². The predicted molar refractivity (Wildman–Crippen MR) is 165 cm³/mol. The van der Waals surface area contributed by atoms with Crippen molar-refractivity contribution in [3.8, 4) is 28.0 Å². The first kappa shape index (κ1) is 32.4. The minimum absolute atomic E-state index is 0.103. The van der Waals surface area contributed by atoms with Gasteiger partial charge in [0, 0.05) is 22.9 Å². The Hall–Kier alpha value is -4.54. The molecule has 0 saturated carbocycles. The van der Waals surface area contributed by atoms with Crippen LogP contribution in [0.3, 0.4) is 0 Å². The van der Waals surface area contributed by atoms with Crippen molar-refractivity contribution in [1.82, 2.24) is 14.9 Å². The highest BCUT2D eigenvalue weighted by molar-refractivity contribution is 6.05. The van der Waals surface area contributed by atoms with E-state index in [1.165, 1.54) is 12.1 Å². The number of carbonyl (C=O) groups is 2. The molecule has 4 aromatic rings. The van der Waals surface area contributed by atoms with Gasteiger partial charge in [0.15, 0.2) is 0 Å². The van der Waals surface area contributed by atoms with E-state index in [1.807, 2.05) is 48.7 Å². The lowest BCUT2D eigenvalue weighted by Gasteiger charge is -2.20. The fraction of sp³-hybridized carbons (Fsp3) is 0.324. The lowest BCUT2D eigenvalue weighted by molar-refractivity contribution is -0.139. The molecule has 0 aliphatic carbocycles. The number of nitrogens with one attached hydrogen (secondary N) is 1. The molecule has 2 aromatic heterocycles. The third kappa shape index (κ3) is 7.89. The number of benzene rings is 2. The maximum Gasteiger partial charge on any atom is 0.305 e. The SMILES string of the molecule is COc1ccc(CNC(=O)c2c(-c3ccccc3)c(-c3ccc(F)cc3)c(CC[C@@H](O)C[C@@H](O)CC(=O)O)n2C(C)C)nc1. The van der Waals surface area contributed by atoms with E-state index < -0.39 is 30.4 Å². The largest absolute Gasteiger partial charge is 0.495 e. The molecule has 1 amide bonds. The number of carbonyl (C=O) groups excluding carboxylic acids is 1. The number of aliphatic hydroxyl groups excluding tert-OH is 2. The smallest absolute Gasteiger partial charge is 0.305 e. The highest BCUT2D eigenvalue weighted by Gasteiger charge is 2.30. The topological polar surface area (TPSA) is 134 Å². The van der Waals surface area contributed by atoms with Crippen molar-refractivity contribution in [1.29, 1.82) is 0 Å². The number of nitrogens with zero attached hydrogens (tertiary/aromatic N) is 2. The van der Waals surface area contributed by atoms with Crippen molar-refractivity contribution in [2.45, 2.75) is 64.3 Å². The second-order valence-corrected chi connectivity index (χ2v) is 10.9. The van der Waals surface area contributed by atoms with Crippen LogP contribution >= 0.6 is 0 Å². The van der Waals surface area contributed by atoms with Gasteiger partial charge in [-0.25, -0.2) is 4.39 Å². The monoisotopic (exact) mass is 603 g/mol. The van der Waals surface area contributed by atoms with Gasteiger partial charge in [-0.3, -0.25) is 14.6 Å². The molecule has 2 atom stereocenters. The fourth-order valence-electron chi connectivity index (χ4n) is 5.40. The van der Waals surface area contributed by atoms with Crippen LogP contribution < -0.4 is 10.1 Å². The molecular formula is C34H38FN3O6. The van der Waals surface area contributed by atoms with Crippen molar-refractivity contribution in [2.75, 3.05) is 7.11 Å². The van der Waals surface area contributed by atoms with Crippen LogP contribution in [0.2, 0.25) is 0 Å². The zero-order chi connectivity index (χ0) is 31.8. The summed E-state index contributed by atoms with van der Waals surface area (Å²) in [5, 5.41) is 32.9. The average molecular weight is 604 g/mol. The van der Waals surface area contributed by atoms with Gasteiger partial charge in [-0.2, -0.15) is 0 Å². The molecule has 10 heteroatoms. The van der Waals surface area contributed by atoms with E-state index >= 15 is 0 Å². The molecule has 0 saturated heterocycles. The number of aliphatic carboxylic acids is 1. The molecule has 44 heavy (non-hydrogen) atoms. The number of methoxy groups -OCH3 is 1. The Labute approximate surface area is 256 Å². The summed E-state index contributed by atoms with van der Waals surface area (Å²) in [7, 11) is 1.55. The van der Waals surface area contributed by atoms with E-state index in [0.717, 1.165) is 16.8 Å². The summed E-state index contributed by atoms with van der Waals surface area (Å²) in [6.45, 7) is 4.09. The molecule has 4 rings (SSSR count). The van der Waals surface area contributed by atoms with Crippen molar-refractivity contribution in [3.05, 3.63) is 95.8 Å². The molecule has 4 N–H and O–H groups in total. The van der Waals surface area contributed by atoms with E-state index in [-0.39, 0.29) is 31.3 Å². The van der Waals surface area contributed by atoms with Crippen LogP contribution in [0.1, 0.15) is 61.0 Å². The summed E-state index contributed by atoms with van der Waals surface area (Å²) in [4.78, 5) is 29.5. The third-order valence-corrected chi connectivity index (χ3v) is 7.37. The Kier molecular flexibility index (Phi) is 10.9. The number of ether oxygens (including phenoxy) is 1. The minimum atomic E-state index is -1.19. The number of halogens is 1. The van der Waals surface area contributed by atoms with Gasteiger partial charge in [-0.05, 0) is 68.5 Å². The van der Waals surface area contributed by atoms with Gasteiger partial charge < -0.3 is 29.9 Å². The van der Waals surface area contributed by atoms with E-state index in [1.54, 1.807) is 37.6 Å². The maximum absolute atomic E-state index is 14.1. The van der Waals surface area contributed by atoms with E-state index in [9.17, 15) is 24.2 Å². The Bertz CT molecular complexity index is 1550. The van der Waals surface area contributed by atoms with Crippen molar-refractivity contribution in [3.63, 3.8) is 0 Å². The Morgan fingerprint density at radius 2 is 1.64 bits per heavy atom. The highest BCUT2D eigenvalue weighted by Crippen LogP contribution is 2.42. The molecule has 0 fully saturated rings. The van der Waals surface area contributed by atoms with Crippen LogP contribution in [0.25, 0.3) is 22.3 Å². The maximum atomic E-state index is 14.1. The van der Waals surface area contributed by atoms with Crippen LogP contribution in [-0.2, 0) is 17.8 Å². The van der Waals surface area contributed by atoms with Gasteiger partial charge in [0.25, 0.3) is 5.91 Å². The number of aromatic nitrogens is 2. The first-order valence-electron chi connectivity index (χ1n) is 14.5. The van der Waals surface area contributed by atoms with Crippen LogP contribution in [0.4, 0.5) is 4.39 Å². The Balaban J connectivity index is 1.83. The number of aliphatic hydroxyl groups is 2. The van der Waals surface area contributed by atoms with Crippen molar-refractivity contribution >= 4 is 11.9 Å². The molecule has 0 unspecified atom stereocenters. The zero-order valence-corrected chi connectivity index (χ0v) is 25.0. The molecule has 0 spiro atoms. The molecule has 2 heterocycles. The number of pyridine rings is 1. The standard InChI is InChI=1S/C34H38FN3O6/c1-21(2)38-29(16-14-26(39)17-27(40)18-30(41)42)31(23-9-11-24(35)12-10-23)32(22-7-5-4-6-8-22)33(38)34(43)37-19-25-13-15-28(44-3)20-36-25/h4-13,15,20-21,26-27,39-40H,14,16-19H2,1-3H3,(H,37,43)(H,41,42)/t26-,27-/m1/s1. The highest BCUT2D eigenvalue weighted by atomic mass is 19.1. The first-order chi connectivity index (χ1) is 21.1. The van der Waals surface area contributed by atoms with Crippen LogP contribution in [0.5, 0.6) is 5.75 Å². The molecular weight excluding hydrogens is 565 g/mol. The predicted octanol–water partition coefficient (Wildman–Crippen LogP) is 5.39. The fourth-order valence-corrected chi connectivity index (χ4v) is 5.40. The van der Waals surface area contributed by atoms with E-state index in [4.69, 9.17) is 9.84 Å². The van der Waals surface area contributed by atoms with Gasteiger partial charge in [-0.1, -0.05) is 42.5 Å². The third-order valence-electron chi connectivity index (χ3n) is 7.37. The second kappa shape index (κ2) is 14.8. The lowest BCUT2D eigenvalue weighted by atomic mass is 9.92. The van der Waals surface area contributed by atoms with Gasteiger partial charge in [0.05, 0.1) is 44.2 Å². The van der Waals surface area contributed by atoms with Gasteiger partial charge >= 0.3 is 5.97 Å². The molecule has 232 valence electrons. The normalized spacial score (nSPS) is 12.6. The van der Waals surface area contributed by atoms with Crippen molar-refractivity contribution in [2.24, 2.45) is 0 Å². The van der Waals surface area contributed by atoms with Gasteiger partial charge in [-0.15, -0.1) is 0 Å². The summed E-state index contributed by atoms with van der Waals surface area (Å²) in [5.74, 6) is -1.27. The number of amides is 1. The van der Waals surface area contributed by atoms with Crippen LogP contribution in [0.15, 0.2) is 72.9 Å². The summed E-state index contributed by atoms with van der Waals surface area (Å²) >= 11 is 0. The Morgan fingerprint density at radius 1 is 0.955 bits per heavy atom. The van der Waals surface area contributed by atoms with Gasteiger partial charge in [0.1, 0.15) is 17.3 Å². The zero-order valence-electron chi connectivity index (χ0n) is 25.0. The summed E-state index contributed by atoms with van der Waals surface area (Å²) < 4.78 is 21.2.